The van der Waals surface area contributed by atoms with Gasteiger partial charge in [0, 0.05) is 24.5 Å². The summed E-state index contributed by atoms with van der Waals surface area (Å²) in [5.74, 6) is -0.920. The molecule has 0 radical (unpaired) electrons. The highest BCUT2D eigenvalue weighted by Crippen LogP contribution is 2.17. The molecule has 0 bridgehead atoms. The number of carbonyl (C=O) groups excluding carboxylic acids is 3. The highest BCUT2D eigenvalue weighted by Gasteiger charge is 2.39. The maximum Gasteiger partial charge on any atom is 0.411 e. The monoisotopic (exact) mass is 547 g/mol. The number of azide groups is 1. The van der Waals surface area contributed by atoms with Crippen molar-refractivity contribution in [2.75, 3.05) is 99.4 Å². The van der Waals surface area contributed by atoms with E-state index in [9.17, 15) is 14.4 Å². The lowest BCUT2D eigenvalue weighted by Crippen LogP contribution is -2.60. The van der Waals surface area contributed by atoms with Crippen molar-refractivity contribution in [3.63, 3.8) is 0 Å². The number of ether oxygens (including phenoxy) is 7. The maximum absolute atomic E-state index is 12.5. The minimum atomic E-state index is -0.954. The molecule has 38 heavy (non-hydrogen) atoms. The van der Waals surface area contributed by atoms with Crippen LogP contribution in [0.15, 0.2) is 5.11 Å². The van der Waals surface area contributed by atoms with Crippen LogP contribution in [0.1, 0.15) is 20.8 Å². The van der Waals surface area contributed by atoms with Crippen LogP contribution < -0.4 is 0 Å². The number of piperazine rings is 1. The largest absolute Gasteiger partial charge is 0.467 e. The van der Waals surface area contributed by atoms with E-state index >= 15 is 0 Å². The number of esters is 1. The van der Waals surface area contributed by atoms with Crippen LogP contribution in [0.25, 0.3) is 10.4 Å². The third kappa shape index (κ3) is 14.9. The first-order valence-corrected chi connectivity index (χ1v) is 12.4. The second kappa shape index (κ2) is 19.4. The molecule has 1 fully saturated rings. The van der Waals surface area contributed by atoms with Gasteiger partial charge < -0.3 is 38.1 Å². The molecule has 1 aliphatic rings. The summed E-state index contributed by atoms with van der Waals surface area (Å²) in [5.41, 5.74) is 7.41. The van der Waals surface area contributed by atoms with Crippen molar-refractivity contribution in [3.8, 4) is 0 Å². The molecule has 2 amide bonds. The van der Waals surface area contributed by atoms with Crippen molar-refractivity contribution in [1.29, 1.82) is 0 Å². The highest BCUT2D eigenvalue weighted by molar-refractivity contribution is 5.84. The Bertz CT molecular complexity index is 757. The van der Waals surface area contributed by atoms with Crippen LogP contribution in [0.2, 0.25) is 0 Å². The summed E-state index contributed by atoms with van der Waals surface area (Å²) in [6.45, 7) is 9.03. The highest BCUT2D eigenvalue weighted by atomic mass is 16.6. The van der Waals surface area contributed by atoms with Gasteiger partial charge in [-0.15, -0.1) is 0 Å². The fourth-order valence-electron chi connectivity index (χ4n) is 3.17. The second-order valence-corrected chi connectivity index (χ2v) is 9.01. The predicted octanol–water partition coefficient (Wildman–Crippen LogP) is 1.00. The van der Waals surface area contributed by atoms with Crippen molar-refractivity contribution >= 4 is 18.0 Å². The first-order valence-electron chi connectivity index (χ1n) is 12.4. The van der Waals surface area contributed by atoms with Crippen molar-refractivity contribution in [3.05, 3.63) is 10.4 Å². The number of hydrogen-bond donors (Lipinski definition) is 0. The summed E-state index contributed by atoms with van der Waals surface area (Å²) in [7, 11) is 1.23. The van der Waals surface area contributed by atoms with Gasteiger partial charge in [-0.05, 0) is 26.3 Å². The summed E-state index contributed by atoms with van der Waals surface area (Å²) >= 11 is 0. The van der Waals surface area contributed by atoms with Crippen molar-refractivity contribution in [1.82, 2.24) is 9.80 Å². The molecule has 15 heteroatoms. The van der Waals surface area contributed by atoms with E-state index in [1.54, 1.807) is 20.8 Å². The Labute approximate surface area is 223 Å². The maximum atomic E-state index is 12.5. The lowest BCUT2D eigenvalue weighted by molar-refractivity contribution is -0.152. The molecule has 1 aliphatic heterocycles. The number of hydrogen-bond acceptors (Lipinski definition) is 11. The van der Waals surface area contributed by atoms with Crippen LogP contribution >= 0.6 is 0 Å². The first kappa shape index (κ1) is 33.3. The van der Waals surface area contributed by atoms with Gasteiger partial charge in [-0.2, -0.15) is 0 Å². The van der Waals surface area contributed by atoms with Gasteiger partial charge in [-0.1, -0.05) is 5.11 Å². The number of nitrogens with zero attached hydrogens (tertiary/aromatic N) is 5. The van der Waals surface area contributed by atoms with Crippen LogP contribution in [-0.2, 0) is 42.7 Å². The third-order valence-electron chi connectivity index (χ3n) is 4.95. The smallest absolute Gasteiger partial charge is 0.411 e. The van der Waals surface area contributed by atoms with E-state index in [1.165, 1.54) is 16.9 Å². The molecule has 0 aliphatic carbocycles. The topological polar surface area (TPSA) is 171 Å². The Morgan fingerprint density at radius 3 is 1.89 bits per heavy atom. The molecule has 1 atom stereocenters. The van der Waals surface area contributed by atoms with E-state index in [4.69, 9.17) is 38.7 Å². The van der Waals surface area contributed by atoms with Crippen LogP contribution in [-0.4, -0.2) is 139 Å². The molecule has 0 spiro atoms. The summed E-state index contributed by atoms with van der Waals surface area (Å²) in [6, 6.07) is -0.954. The average molecular weight is 548 g/mol. The molecule has 0 aromatic carbocycles. The first-order chi connectivity index (χ1) is 18.2. The van der Waals surface area contributed by atoms with Crippen LogP contribution in [0.4, 0.5) is 4.79 Å². The van der Waals surface area contributed by atoms with Gasteiger partial charge in [0.2, 0.25) is 5.91 Å². The molecule has 218 valence electrons. The van der Waals surface area contributed by atoms with Crippen LogP contribution in [0, 0.1) is 0 Å². The number of methoxy groups -OCH3 is 1. The summed E-state index contributed by atoms with van der Waals surface area (Å²) < 4.78 is 36.9. The normalized spacial score (nSPS) is 15.6. The Morgan fingerprint density at radius 1 is 0.868 bits per heavy atom. The number of rotatable bonds is 18. The molecule has 1 saturated heterocycles. The molecule has 1 heterocycles. The molecule has 0 aromatic rings. The zero-order valence-electron chi connectivity index (χ0n) is 22.8. The number of amides is 2. The minimum absolute atomic E-state index is 0.00386. The Kier molecular flexibility index (Phi) is 17.0. The van der Waals surface area contributed by atoms with Crippen molar-refractivity contribution in [2.45, 2.75) is 32.4 Å². The van der Waals surface area contributed by atoms with Crippen LogP contribution in [0.5, 0.6) is 0 Å². The van der Waals surface area contributed by atoms with Gasteiger partial charge in [0.25, 0.3) is 0 Å². The zero-order valence-corrected chi connectivity index (χ0v) is 22.8. The quantitative estimate of drug-likeness (QED) is 0.0792. The van der Waals surface area contributed by atoms with E-state index in [2.05, 4.69) is 10.0 Å². The van der Waals surface area contributed by atoms with Gasteiger partial charge in [0.1, 0.15) is 12.2 Å². The van der Waals surface area contributed by atoms with Gasteiger partial charge in [0.15, 0.2) is 6.04 Å². The molecule has 0 saturated carbocycles. The average Bonchev–Trinajstić information content (AvgIpc) is 2.88. The fraction of sp³-hybridized carbons (Fsp3) is 0.870. The summed E-state index contributed by atoms with van der Waals surface area (Å²) in [6.07, 6.45) is -0.630. The van der Waals surface area contributed by atoms with E-state index in [-0.39, 0.29) is 45.4 Å². The van der Waals surface area contributed by atoms with Crippen molar-refractivity contribution < 1.29 is 47.5 Å². The van der Waals surface area contributed by atoms with Crippen LogP contribution in [0.3, 0.4) is 0 Å². The SMILES string of the molecule is COC(=O)C1CN(C(=O)COCCOCCOCCOCCOCCN=[N+]=[N-])CCN1C(=O)OC(C)(C)C. The Morgan fingerprint density at radius 2 is 1.39 bits per heavy atom. The molecular formula is C23H41N5O10. The lowest BCUT2D eigenvalue weighted by Gasteiger charge is -2.40. The fourth-order valence-corrected chi connectivity index (χ4v) is 3.17. The summed E-state index contributed by atoms with van der Waals surface area (Å²) in [4.78, 5) is 42.7. The van der Waals surface area contributed by atoms with Gasteiger partial charge in [0.05, 0.1) is 73.1 Å². The van der Waals surface area contributed by atoms with Crippen molar-refractivity contribution in [2.24, 2.45) is 5.11 Å². The summed E-state index contributed by atoms with van der Waals surface area (Å²) in [5, 5.41) is 3.35. The van der Waals surface area contributed by atoms with E-state index in [0.29, 0.717) is 52.8 Å². The van der Waals surface area contributed by atoms with E-state index in [1.807, 2.05) is 0 Å². The van der Waals surface area contributed by atoms with Gasteiger partial charge in [-0.3, -0.25) is 9.69 Å². The van der Waals surface area contributed by atoms with E-state index < -0.39 is 23.7 Å². The van der Waals surface area contributed by atoms with Gasteiger partial charge >= 0.3 is 12.1 Å². The zero-order chi connectivity index (χ0) is 28.2. The molecule has 1 unspecified atom stereocenters. The lowest BCUT2D eigenvalue weighted by atomic mass is 10.1. The minimum Gasteiger partial charge on any atom is -0.467 e. The standard InChI is InChI=1S/C23H41N5O10/c1-23(2,3)38-22(31)28-7-6-27(17-19(28)21(30)32-4)20(29)18-37-16-15-36-14-13-35-12-11-34-10-9-33-8-5-25-26-24/h19H,5-18H2,1-4H3. The predicted molar refractivity (Wildman–Crippen MR) is 133 cm³/mol. The Hall–Kier alpha value is -2.68. The molecular weight excluding hydrogens is 506 g/mol. The van der Waals surface area contributed by atoms with E-state index in [0.717, 1.165) is 0 Å². The number of carbonyl (C=O) groups is 3. The second-order valence-electron chi connectivity index (χ2n) is 9.01. The van der Waals surface area contributed by atoms with Gasteiger partial charge in [-0.25, -0.2) is 9.59 Å². The molecule has 1 rings (SSSR count). The molecule has 0 N–H and O–H groups in total. The molecule has 0 aromatic heterocycles. The third-order valence-corrected chi connectivity index (χ3v) is 4.95. The Balaban J connectivity index is 2.12. The molecule has 15 nitrogen and oxygen atoms in total.